The maximum Gasteiger partial charge on any atom is 0.130 e. The number of imidazole rings is 1. The van der Waals surface area contributed by atoms with E-state index in [1.807, 2.05) is 29.9 Å². The first-order valence-electron chi connectivity index (χ1n) is 6.86. The van der Waals surface area contributed by atoms with Gasteiger partial charge in [0.15, 0.2) is 0 Å². The van der Waals surface area contributed by atoms with Crippen molar-refractivity contribution in [1.29, 1.82) is 0 Å². The van der Waals surface area contributed by atoms with E-state index in [1.54, 1.807) is 6.33 Å². The molecule has 1 aromatic heterocycles. The van der Waals surface area contributed by atoms with Crippen LogP contribution in [-0.4, -0.2) is 22.7 Å². The van der Waals surface area contributed by atoms with Gasteiger partial charge in [-0.15, -0.1) is 0 Å². The summed E-state index contributed by atoms with van der Waals surface area (Å²) in [4.78, 5) is 4.07. The molecule has 20 heavy (non-hydrogen) atoms. The van der Waals surface area contributed by atoms with E-state index >= 15 is 0 Å². The fourth-order valence-electron chi connectivity index (χ4n) is 2.38. The van der Waals surface area contributed by atoms with Crippen LogP contribution in [0, 0.1) is 0 Å². The smallest absolute Gasteiger partial charge is 0.130 e. The minimum Gasteiger partial charge on any atom is -0.491 e. The van der Waals surface area contributed by atoms with Gasteiger partial charge >= 0.3 is 0 Å². The minimum atomic E-state index is 0.293. The van der Waals surface area contributed by atoms with E-state index in [0.29, 0.717) is 19.3 Å². The zero-order valence-corrected chi connectivity index (χ0v) is 11.8. The second kappa shape index (κ2) is 5.54. The second-order valence-corrected chi connectivity index (χ2v) is 4.91. The lowest BCUT2D eigenvalue weighted by atomic mass is 10.1. The molecule has 1 aromatic carbocycles. The molecule has 1 unspecified atom stereocenters. The molecule has 0 radical (unpaired) electrons. The number of hydrogen-bond acceptors (Lipinski definition) is 4. The first-order chi connectivity index (χ1) is 9.78. The van der Waals surface area contributed by atoms with Gasteiger partial charge in [0.2, 0.25) is 0 Å². The van der Waals surface area contributed by atoms with Crippen LogP contribution in [0.25, 0.3) is 0 Å². The third kappa shape index (κ3) is 2.49. The Balaban J connectivity index is 1.69. The molecule has 5 heteroatoms. The van der Waals surface area contributed by atoms with Gasteiger partial charge in [-0.25, -0.2) is 4.98 Å². The van der Waals surface area contributed by atoms with Crippen LogP contribution in [-0.2, 0) is 13.7 Å². The Morgan fingerprint density at radius 3 is 3.15 bits per heavy atom. The molecule has 1 atom stereocenters. The molecule has 2 aromatic rings. The number of likely N-dealkylation sites (N-methyl/N-ethyl adjacent to an activating group) is 1. The van der Waals surface area contributed by atoms with Crippen molar-refractivity contribution < 1.29 is 9.47 Å². The average Bonchev–Trinajstić information content (AvgIpc) is 3.04. The molecular formula is C15H19N3O2. The lowest BCUT2D eigenvalue weighted by Crippen LogP contribution is -2.21. The highest BCUT2D eigenvalue weighted by Gasteiger charge is 2.23. The van der Waals surface area contributed by atoms with E-state index in [9.17, 15) is 0 Å². The van der Waals surface area contributed by atoms with Gasteiger partial charge in [0.05, 0.1) is 24.3 Å². The van der Waals surface area contributed by atoms with Crippen LogP contribution in [0.15, 0.2) is 30.7 Å². The van der Waals surface area contributed by atoms with Crippen LogP contribution < -0.4 is 14.8 Å². The van der Waals surface area contributed by atoms with Crippen LogP contribution in [0.3, 0.4) is 0 Å². The number of nitrogens with zero attached hydrogens (tertiary/aromatic N) is 2. The predicted molar refractivity (Wildman–Crippen MR) is 75.9 cm³/mol. The van der Waals surface area contributed by atoms with Gasteiger partial charge in [-0.2, -0.15) is 0 Å². The summed E-state index contributed by atoms with van der Waals surface area (Å²) in [5.41, 5.74) is 2.25. The molecule has 106 valence electrons. The second-order valence-electron chi connectivity index (χ2n) is 4.91. The van der Waals surface area contributed by atoms with E-state index in [1.165, 1.54) is 5.56 Å². The molecule has 0 spiro atoms. The lowest BCUT2D eigenvalue weighted by molar-refractivity contribution is 0.291. The summed E-state index contributed by atoms with van der Waals surface area (Å²) in [5, 5.41) is 3.40. The highest BCUT2D eigenvalue weighted by Crippen LogP contribution is 2.35. The maximum absolute atomic E-state index is 5.79. The molecule has 5 nitrogen and oxygen atoms in total. The summed E-state index contributed by atoms with van der Waals surface area (Å²) in [6.07, 6.45) is 3.58. The van der Waals surface area contributed by atoms with E-state index in [2.05, 4.69) is 23.3 Å². The molecule has 0 saturated heterocycles. The fourth-order valence-corrected chi connectivity index (χ4v) is 2.38. The summed E-state index contributed by atoms with van der Waals surface area (Å²) in [6, 6.07) is 6.33. The van der Waals surface area contributed by atoms with Crippen molar-refractivity contribution in [2.24, 2.45) is 7.05 Å². The fraction of sp³-hybridized carbons (Fsp3) is 0.400. The van der Waals surface area contributed by atoms with Gasteiger partial charge in [-0.1, -0.05) is 6.92 Å². The number of rotatable bonds is 5. The highest BCUT2D eigenvalue weighted by molar-refractivity contribution is 5.45. The van der Waals surface area contributed by atoms with Crippen molar-refractivity contribution in [2.45, 2.75) is 19.6 Å². The zero-order valence-electron chi connectivity index (χ0n) is 11.8. The van der Waals surface area contributed by atoms with Crippen molar-refractivity contribution in [3.63, 3.8) is 0 Å². The largest absolute Gasteiger partial charge is 0.491 e. The molecular weight excluding hydrogens is 254 g/mol. The quantitative estimate of drug-likeness (QED) is 0.905. The summed E-state index contributed by atoms with van der Waals surface area (Å²) < 4.78 is 13.4. The summed E-state index contributed by atoms with van der Waals surface area (Å²) in [6.45, 7) is 4.23. The van der Waals surface area contributed by atoms with E-state index in [4.69, 9.17) is 9.47 Å². The Hall–Kier alpha value is -2.01. The standard InChI is InChI=1S/C15H19N3O2/c1-3-17-14-9-20-15-6-12(4-5-13(14)15)19-8-11-7-16-10-18(11)2/h4-7,10,14,17H,3,8-9H2,1-2H3. The number of fused-ring (bicyclic) bond motifs is 1. The molecule has 1 aliphatic heterocycles. The molecule has 0 bridgehead atoms. The number of aromatic nitrogens is 2. The molecule has 0 amide bonds. The van der Waals surface area contributed by atoms with Crippen LogP contribution in [0.5, 0.6) is 11.5 Å². The number of aryl methyl sites for hydroxylation is 1. The van der Waals surface area contributed by atoms with Crippen molar-refractivity contribution in [3.05, 3.63) is 42.0 Å². The monoisotopic (exact) mass is 273 g/mol. The highest BCUT2D eigenvalue weighted by atomic mass is 16.5. The average molecular weight is 273 g/mol. The van der Waals surface area contributed by atoms with Gasteiger partial charge in [0.25, 0.3) is 0 Å². The molecule has 1 aliphatic rings. The SMILES string of the molecule is CCNC1COc2cc(OCc3cncn3C)ccc21. The molecule has 3 rings (SSSR count). The Bertz CT molecular complexity index is 595. The van der Waals surface area contributed by atoms with Crippen LogP contribution in [0.1, 0.15) is 24.2 Å². The molecule has 1 N–H and O–H groups in total. The van der Waals surface area contributed by atoms with Crippen molar-refractivity contribution in [2.75, 3.05) is 13.2 Å². The number of hydrogen-bond donors (Lipinski definition) is 1. The van der Waals surface area contributed by atoms with Crippen molar-refractivity contribution >= 4 is 0 Å². The first-order valence-corrected chi connectivity index (χ1v) is 6.86. The molecule has 2 heterocycles. The van der Waals surface area contributed by atoms with Gasteiger partial charge in [0, 0.05) is 18.7 Å². The molecule has 0 aliphatic carbocycles. The van der Waals surface area contributed by atoms with E-state index in [-0.39, 0.29) is 0 Å². The van der Waals surface area contributed by atoms with Crippen LogP contribution in [0.4, 0.5) is 0 Å². The summed E-state index contributed by atoms with van der Waals surface area (Å²) in [7, 11) is 1.96. The van der Waals surface area contributed by atoms with Crippen molar-refractivity contribution in [3.8, 4) is 11.5 Å². The van der Waals surface area contributed by atoms with Gasteiger partial charge in [-0.05, 0) is 18.7 Å². The Morgan fingerprint density at radius 1 is 1.50 bits per heavy atom. The lowest BCUT2D eigenvalue weighted by Gasteiger charge is -2.10. The molecule has 0 fully saturated rings. The van der Waals surface area contributed by atoms with Gasteiger partial charge < -0.3 is 19.4 Å². The van der Waals surface area contributed by atoms with Crippen molar-refractivity contribution in [1.82, 2.24) is 14.9 Å². The van der Waals surface area contributed by atoms with E-state index < -0.39 is 0 Å². The Kier molecular flexibility index (Phi) is 3.60. The zero-order chi connectivity index (χ0) is 13.9. The summed E-state index contributed by atoms with van der Waals surface area (Å²) >= 11 is 0. The minimum absolute atomic E-state index is 0.293. The number of ether oxygens (including phenoxy) is 2. The first kappa shape index (κ1) is 13.0. The molecule has 0 saturated carbocycles. The van der Waals surface area contributed by atoms with Crippen LogP contribution >= 0.6 is 0 Å². The maximum atomic E-state index is 5.79. The third-order valence-corrected chi connectivity index (χ3v) is 3.52. The topological polar surface area (TPSA) is 48.3 Å². The van der Waals surface area contributed by atoms with Gasteiger partial charge in [0.1, 0.15) is 24.7 Å². The van der Waals surface area contributed by atoms with Gasteiger partial charge in [-0.3, -0.25) is 0 Å². The Morgan fingerprint density at radius 2 is 2.40 bits per heavy atom. The number of nitrogens with one attached hydrogen (secondary N) is 1. The van der Waals surface area contributed by atoms with E-state index in [0.717, 1.165) is 23.7 Å². The third-order valence-electron chi connectivity index (χ3n) is 3.52. The summed E-state index contributed by atoms with van der Waals surface area (Å²) in [5.74, 6) is 1.74. The number of benzene rings is 1. The predicted octanol–water partition coefficient (Wildman–Crippen LogP) is 2.04. The normalized spacial score (nSPS) is 16.8. The van der Waals surface area contributed by atoms with Crippen LogP contribution in [0.2, 0.25) is 0 Å². The Labute approximate surface area is 118 Å².